The van der Waals surface area contributed by atoms with Crippen LogP contribution >= 0.6 is 0 Å². The number of hydrogen-bond acceptors (Lipinski definition) is 6. The second kappa shape index (κ2) is 12.0. The van der Waals surface area contributed by atoms with Crippen molar-refractivity contribution in [3.8, 4) is 28.0 Å². The number of anilines is 1. The molecule has 1 fully saturated rings. The average molecular weight is 557 g/mol. The van der Waals surface area contributed by atoms with E-state index >= 15 is 4.39 Å². The number of benzene rings is 3. The van der Waals surface area contributed by atoms with Crippen molar-refractivity contribution in [1.82, 2.24) is 14.9 Å². The number of amides is 1. The van der Waals surface area contributed by atoms with Gasteiger partial charge in [0, 0.05) is 43.7 Å². The van der Waals surface area contributed by atoms with Gasteiger partial charge in [-0.05, 0) is 71.8 Å². The highest BCUT2D eigenvalue weighted by Gasteiger charge is 2.20. The fraction of sp³-hybridized carbons (Fsp3) is 0.281. The summed E-state index contributed by atoms with van der Waals surface area (Å²) in [5, 5.41) is 6.22. The van der Waals surface area contributed by atoms with Gasteiger partial charge in [0.25, 0.3) is 11.5 Å². The minimum atomic E-state index is -0.526. The van der Waals surface area contributed by atoms with Crippen LogP contribution in [0.1, 0.15) is 33.5 Å². The van der Waals surface area contributed by atoms with Gasteiger partial charge in [0.1, 0.15) is 17.1 Å². The van der Waals surface area contributed by atoms with Crippen LogP contribution in [0.4, 0.5) is 10.1 Å². The molecular weight excluding hydrogens is 523 g/mol. The fourth-order valence-corrected chi connectivity index (χ4v) is 5.22. The van der Waals surface area contributed by atoms with E-state index in [-0.39, 0.29) is 17.4 Å². The molecule has 3 aromatic carbocycles. The minimum absolute atomic E-state index is 0.0378. The molecule has 2 N–H and O–H groups in total. The third-order valence-electron chi connectivity index (χ3n) is 7.63. The Hall–Kier alpha value is -4.34. The fourth-order valence-electron chi connectivity index (χ4n) is 5.22. The van der Waals surface area contributed by atoms with Gasteiger partial charge in [-0.25, -0.2) is 9.37 Å². The van der Waals surface area contributed by atoms with Crippen LogP contribution in [-0.2, 0) is 18.3 Å². The van der Waals surface area contributed by atoms with Crippen LogP contribution in [0.15, 0.2) is 65.8 Å². The molecule has 2 heterocycles. The van der Waals surface area contributed by atoms with E-state index in [9.17, 15) is 9.59 Å². The molecule has 9 heteroatoms. The molecule has 0 spiro atoms. The maximum Gasteiger partial charge on any atom is 0.265 e. The lowest BCUT2D eigenvalue weighted by Gasteiger charge is -2.18. The molecule has 212 valence electrons. The van der Waals surface area contributed by atoms with Crippen molar-refractivity contribution in [1.29, 1.82) is 0 Å². The van der Waals surface area contributed by atoms with Gasteiger partial charge in [0.2, 0.25) is 0 Å². The normalized spacial score (nSPS) is 14.7. The van der Waals surface area contributed by atoms with Crippen molar-refractivity contribution in [2.45, 2.75) is 32.9 Å². The molecule has 1 unspecified atom stereocenters. The number of nitrogens with zero attached hydrogens (tertiary/aromatic N) is 2. The molecule has 0 aliphatic carbocycles. The topological polar surface area (TPSA) is 94.5 Å². The Kier molecular flexibility index (Phi) is 8.28. The van der Waals surface area contributed by atoms with E-state index in [4.69, 9.17) is 9.47 Å². The molecule has 8 nitrogen and oxygen atoms in total. The minimum Gasteiger partial charge on any atom is -0.496 e. The second-order valence-corrected chi connectivity index (χ2v) is 10.2. The van der Waals surface area contributed by atoms with E-state index in [1.54, 1.807) is 26.3 Å². The van der Waals surface area contributed by atoms with Crippen LogP contribution < -0.4 is 20.9 Å². The number of carbonyl (C=O) groups is 1. The number of rotatable bonds is 8. The SMILES string of the molecule is COc1cc(-c2cccc(-c3cccc(NC(=O)c4cncn(C)c4=O)c3C)c2C)cc(F)c1CNC1CCOC1. The molecular formula is C32H33FN4O4. The molecule has 1 saturated heterocycles. The van der Waals surface area contributed by atoms with Crippen molar-refractivity contribution in [3.05, 3.63) is 99.5 Å². The van der Waals surface area contributed by atoms with E-state index in [1.807, 2.05) is 50.2 Å². The summed E-state index contributed by atoms with van der Waals surface area (Å²) in [7, 11) is 3.10. The molecule has 4 aromatic rings. The summed E-state index contributed by atoms with van der Waals surface area (Å²) in [6, 6.07) is 15.1. The first kappa shape index (κ1) is 28.2. The molecule has 1 aliphatic heterocycles. The number of carbonyl (C=O) groups excluding carboxylic acids is 1. The molecule has 1 atom stereocenters. The lowest BCUT2D eigenvalue weighted by atomic mass is 9.90. The summed E-state index contributed by atoms with van der Waals surface area (Å²) < 4.78 is 27.7. The van der Waals surface area contributed by atoms with E-state index in [1.165, 1.54) is 17.1 Å². The molecule has 5 rings (SSSR count). The third kappa shape index (κ3) is 5.77. The average Bonchev–Trinajstić information content (AvgIpc) is 3.48. The number of aromatic nitrogens is 2. The Morgan fingerprint density at radius 2 is 1.85 bits per heavy atom. The molecule has 0 saturated carbocycles. The van der Waals surface area contributed by atoms with Gasteiger partial charge in [-0.1, -0.05) is 30.3 Å². The van der Waals surface area contributed by atoms with Crippen molar-refractivity contribution in [2.75, 3.05) is 25.6 Å². The molecule has 1 amide bonds. The van der Waals surface area contributed by atoms with Gasteiger partial charge in [0.05, 0.1) is 20.0 Å². The maximum atomic E-state index is 15.4. The zero-order valence-electron chi connectivity index (χ0n) is 23.6. The largest absolute Gasteiger partial charge is 0.496 e. The van der Waals surface area contributed by atoms with Gasteiger partial charge in [-0.3, -0.25) is 9.59 Å². The van der Waals surface area contributed by atoms with Crippen LogP contribution in [-0.4, -0.2) is 41.8 Å². The van der Waals surface area contributed by atoms with Crippen LogP contribution in [0.25, 0.3) is 22.3 Å². The van der Waals surface area contributed by atoms with Gasteiger partial charge in [0.15, 0.2) is 0 Å². The molecule has 1 aromatic heterocycles. The lowest BCUT2D eigenvalue weighted by Crippen LogP contribution is -2.29. The van der Waals surface area contributed by atoms with E-state index in [0.29, 0.717) is 42.3 Å². The summed E-state index contributed by atoms with van der Waals surface area (Å²) in [6.07, 6.45) is 3.53. The molecule has 0 radical (unpaired) electrons. The first-order valence-electron chi connectivity index (χ1n) is 13.5. The number of methoxy groups -OCH3 is 1. The first-order chi connectivity index (χ1) is 19.8. The number of ether oxygens (including phenoxy) is 2. The quantitative estimate of drug-likeness (QED) is 0.317. The smallest absolute Gasteiger partial charge is 0.265 e. The monoisotopic (exact) mass is 556 g/mol. The van der Waals surface area contributed by atoms with Gasteiger partial charge >= 0.3 is 0 Å². The summed E-state index contributed by atoms with van der Waals surface area (Å²) >= 11 is 0. The predicted molar refractivity (Wildman–Crippen MR) is 157 cm³/mol. The molecule has 1 aliphatic rings. The Labute approximate surface area is 238 Å². The van der Waals surface area contributed by atoms with Crippen LogP contribution in [0.3, 0.4) is 0 Å². The maximum absolute atomic E-state index is 15.4. The summed E-state index contributed by atoms with van der Waals surface area (Å²) in [4.78, 5) is 29.3. The summed E-state index contributed by atoms with van der Waals surface area (Å²) in [5.74, 6) is -0.376. The van der Waals surface area contributed by atoms with Crippen molar-refractivity contribution >= 4 is 11.6 Å². The van der Waals surface area contributed by atoms with Crippen molar-refractivity contribution < 1.29 is 18.7 Å². The van der Waals surface area contributed by atoms with Crippen molar-refractivity contribution in [3.63, 3.8) is 0 Å². The van der Waals surface area contributed by atoms with Crippen molar-refractivity contribution in [2.24, 2.45) is 7.05 Å². The van der Waals surface area contributed by atoms with E-state index < -0.39 is 11.5 Å². The van der Waals surface area contributed by atoms with Crippen LogP contribution in [0.2, 0.25) is 0 Å². The highest BCUT2D eigenvalue weighted by atomic mass is 19.1. The number of halogens is 1. The Morgan fingerprint density at radius 1 is 1.12 bits per heavy atom. The van der Waals surface area contributed by atoms with E-state index in [2.05, 4.69) is 15.6 Å². The zero-order chi connectivity index (χ0) is 29.1. The van der Waals surface area contributed by atoms with E-state index in [0.717, 1.165) is 34.2 Å². The van der Waals surface area contributed by atoms with Gasteiger partial charge in [-0.2, -0.15) is 0 Å². The molecule has 41 heavy (non-hydrogen) atoms. The second-order valence-electron chi connectivity index (χ2n) is 10.2. The Balaban J connectivity index is 1.46. The third-order valence-corrected chi connectivity index (χ3v) is 7.63. The Morgan fingerprint density at radius 3 is 2.59 bits per heavy atom. The number of aryl methyl sites for hydroxylation is 1. The highest BCUT2D eigenvalue weighted by Crippen LogP contribution is 2.37. The van der Waals surface area contributed by atoms with Gasteiger partial charge in [-0.15, -0.1) is 0 Å². The predicted octanol–water partition coefficient (Wildman–Crippen LogP) is 5.01. The lowest BCUT2D eigenvalue weighted by molar-refractivity contribution is 0.102. The van der Waals surface area contributed by atoms with Gasteiger partial charge < -0.3 is 24.7 Å². The summed E-state index contributed by atoms with van der Waals surface area (Å²) in [5.41, 5.74) is 5.83. The number of hydrogen-bond donors (Lipinski definition) is 2. The highest BCUT2D eigenvalue weighted by molar-refractivity contribution is 6.04. The number of nitrogens with one attached hydrogen (secondary N) is 2. The summed E-state index contributed by atoms with van der Waals surface area (Å²) in [6.45, 7) is 5.60. The van der Waals surface area contributed by atoms with Crippen LogP contribution in [0, 0.1) is 19.7 Å². The standard InChI is InChI=1S/C32H33FN4O4/c1-19-23(21-13-28(33)26(30(14-21)40-4)16-35-22-11-12-41-17-22)7-5-8-24(19)25-9-6-10-29(20(25)2)36-31(38)27-15-34-18-37(3)32(27)39/h5-10,13-15,18,22,35H,11-12,16-17H2,1-4H3,(H,36,38). The zero-order valence-corrected chi connectivity index (χ0v) is 23.6. The Bertz CT molecular complexity index is 1660. The molecule has 0 bridgehead atoms. The van der Waals surface area contributed by atoms with Crippen LogP contribution in [0.5, 0.6) is 5.75 Å². The first-order valence-corrected chi connectivity index (χ1v) is 13.5.